The van der Waals surface area contributed by atoms with Crippen LogP contribution >= 0.6 is 0 Å². The lowest BCUT2D eigenvalue weighted by Crippen LogP contribution is -2.40. The molecule has 2 amide bonds. The number of carbonyl (C=O) groups excluding carboxylic acids is 1. The number of amides is 2. The maximum Gasteiger partial charge on any atom is 0.323 e. The van der Waals surface area contributed by atoms with Gasteiger partial charge in [0.15, 0.2) is 11.6 Å². The lowest BCUT2D eigenvalue weighted by atomic mass is 10.3. The van der Waals surface area contributed by atoms with E-state index in [-0.39, 0.29) is 6.04 Å². The van der Waals surface area contributed by atoms with Gasteiger partial charge in [-0.25, -0.2) is 18.0 Å². The molecule has 2 rings (SSSR count). The molecule has 108 valence electrons. The van der Waals surface area contributed by atoms with Gasteiger partial charge in [0, 0.05) is 18.2 Å². The van der Waals surface area contributed by atoms with E-state index in [4.69, 9.17) is 5.11 Å². The minimum absolute atomic E-state index is 0.243. The van der Waals surface area contributed by atoms with Gasteiger partial charge in [-0.2, -0.15) is 0 Å². The van der Waals surface area contributed by atoms with E-state index in [0.29, 0.717) is 25.0 Å². The summed E-state index contributed by atoms with van der Waals surface area (Å²) in [5.41, 5.74) is -0.663. The maximum absolute atomic E-state index is 13.4. The van der Waals surface area contributed by atoms with Gasteiger partial charge >= 0.3 is 12.0 Å². The Morgan fingerprint density at radius 1 is 1.30 bits per heavy atom. The van der Waals surface area contributed by atoms with Gasteiger partial charge in [-0.3, -0.25) is 4.79 Å². The van der Waals surface area contributed by atoms with Crippen LogP contribution in [0.1, 0.15) is 12.8 Å². The molecule has 20 heavy (non-hydrogen) atoms. The van der Waals surface area contributed by atoms with Gasteiger partial charge in [0.2, 0.25) is 0 Å². The van der Waals surface area contributed by atoms with E-state index in [1.807, 2.05) is 5.32 Å². The number of halogens is 3. The van der Waals surface area contributed by atoms with Gasteiger partial charge in [-0.1, -0.05) is 0 Å². The first kappa shape index (κ1) is 14.2. The number of rotatable bonds is 4. The Morgan fingerprint density at radius 3 is 2.50 bits per heavy atom. The van der Waals surface area contributed by atoms with E-state index < -0.39 is 41.7 Å². The maximum atomic E-state index is 13.4. The Morgan fingerprint density at radius 2 is 1.95 bits per heavy atom. The number of nitrogens with zero attached hydrogens (tertiary/aromatic N) is 1. The van der Waals surface area contributed by atoms with Crippen molar-refractivity contribution < 1.29 is 27.9 Å². The topological polar surface area (TPSA) is 69.6 Å². The SMILES string of the molecule is O=C(O)CN(C(=O)Nc1cc(F)cc(F)c1F)C1CC1. The number of benzene rings is 1. The second kappa shape index (κ2) is 5.40. The number of carboxylic acids is 1. The largest absolute Gasteiger partial charge is 0.480 e. The highest BCUT2D eigenvalue weighted by atomic mass is 19.2. The summed E-state index contributed by atoms with van der Waals surface area (Å²) in [6.45, 7) is -0.560. The first-order valence-electron chi connectivity index (χ1n) is 5.82. The second-order valence-electron chi connectivity index (χ2n) is 4.43. The van der Waals surface area contributed by atoms with Crippen LogP contribution in [0.4, 0.5) is 23.7 Å². The van der Waals surface area contributed by atoms with Crippen molar-refractivity contribution in [3.8, 4) is 0 Å². The zero-order valence-corrected chi connectivity index (χ0v) is 10.2. The van der Waals surface area contributed by atoms with Gasteiger partial charge in [-0.15, -0.1) is 0 Å². The first-order valence-corrected chi connectivity index (χ1v) is 5.82. The molecular formula is C12H11F3N2O3. The molecule has 5 nitrogen and oxygen atoms in total. The zero-order chi connectivity index (χ0) is 14.9. The Hall–Kier alpha value is -2.25. The number of hydrogen-bond acceptors (Lipinski definition) is 2. The van der Waals surface area contributed by atoms with Gasteiger partial charge in [-0.05, 0) is 12.8 Å². The molecule has 1 aromatic rings. The van der Waals surface area contributed by atoms with Crippen molar-refractivity contribution >= 4 is 17.7 Å². The van der Waals surface area contributed by atoms with Crippen LogP contribution in [0, 0.1) is 17.5 Å². The molecule has 1 saturated carbocycles. The number of anilines is 1. The van der Waals surface area contributed by atoms with E-state index >= 15 is 0 Å². The lowest BCUT2D eigenvalue weighted by Gasteiger charge is -2.20. The van der Waals surface area contributed by atoms with Gasteiger partial charge in [0.05, 0.1) is 5.69 Å². The number of carboxylic acid groups (broad SMARTS) is 1. The predicted octanol–water partition coefficient (Wildman–Crippen LogP) is 2.18. The molecule has 1 fully saturated rings. The predicted molar refractivity (Wildman–Crippen MR) is 62.7 cm³/mol. The summed E-state index contributed by atoms with van der Waals surface area (Å²) in [4.78, 5) is 23.5. The molecule has 0 unspecified atom stereocenters. The van der Waals surface area contributed by atoms with Crippen molar-refractivity contribution in [3.63, 3.8) is 0 Å². The summed E-state index contributed by atoms with van der Waals surface area (Å²) in [6.07, 6.45) is 1.28. The molecule has 8 heteroatoms. The number of aliphatic carboxylic acids is 1. The summed E-state index contributed by atoms with van der Waals surface area (Å²) >= 11 is 0. The quantitative estimate of drug-likeness (QED) is 0.834. The molecule has 0 spiro atoms. The summed E-state index contributed by atoms with van der Waals surface area (Å²) in [5.74, 6) is -5.10. The van der Waals surface area contributed by atoms with Crippen molar-refractivity contribution in [3.05, 3.63) is 29.6 Å². The zero-order valence-electron chi connectivity index (χ0n) is 10.2. The number of nitrogens with one attached hydrogen (secondary N) is 1. The summed E-state index contributed by atoms with van der Waals surface area (Å²) in [5, 5.41) is 10.7. The third kappa shape index (κ3) is 3.19. The normalized spacial score (nSPS) is 13.9. The summed E-state index contributed by atoms with van der Waals surface area (Å²) in [6, 6.07) is -0.172. The smallest absolute Gasteiger partial charge is 0.323 e. The molecule has 0 saturated heterocycles. The number of carbonyl (C=O) groups is 2. The fourth-order valence-corrected chi connectivity index (χ4v) is 1.73. The number of urea groups is 1. The van der Waals surface area contributed by atoms with Gasteiger partial charge < -0.3 is 15.3 Å². The molecule has 0 aliphatic heterocycles. The van der Waals surface area contributed by atoms with E-state index in [1.54, 1.807) is 0 Å². The van der Waals surface area contributed by atoms with Crippen LogP contribution in [0.3, 0.4) is 0 Å². The van der Waals surface area contributed by atoms with Crippen LogP contribution in [0.2, 0.25) is 0 Å². The Balaban J connectivity index is 2.15. The van der Waals surface area contributed by atoms with E-state index in [1.165, 1.54) is 0 Å². The van der Waals surface area contributed by atoms with E-state index in [9.17, 15) is 22.8 Å². The van der Waals surface area contributed by atoms with Crippen LogP contribution in [-0.2, 0) is 4.79 Å². The van der Waals surface area contributed by atoms with Crippen molar-refractivity contribution in [1.29, 1.82) is 0 Å². The molecule has 1 aromatic carbocycles. The van der Waals surface area contributed by atoms with Crippen molar-refractivity contribution in [2.75, 3.05) is 11.9 Å². The highest BCUT2D eigenvalue weighted by Gasteiger charge is 2.34. The molecule has 0 radical (unpaired) electrons. The highest BCUT2D eigenvalue weighted by molar-refractivity contribution is 5.91. The molecular weight excluding hydrogens is 277 g/mol. The highest BCUT2D eigenvalue weighted by Crippen LogP contribution is 2.28. The standard InChI is InChI=1S/C12H11F3N2O3/c13-6-3-8(14)11(15)9(4-6)16-12(20)17(5-10(18)19)7-1-2-7/h3-4,7H,1-2,5H2,(H,16,20)(H,18,19). The van der Waals surface area contributed by atoms with Crippen LogP contribution in [0.5, 0.6) is 0 Å². The monoisotopic (exact) mass is 288 g/mol. The number of hydrogen-bond donors (Lipinski definition) is 2. The molecule has 2 N–H and O–H groups in total. The minimum Gasteiger partial charge on any atom is -0.480 e. The molecule has 1 aliphatic rings. The van der Waals surface area contributed by atoms with Crippen molar-refractivity contribution in [2.24, 2.45) is 0 Å². The summed E-state index contributed by atoms with van der Waals surface area (Å²) in [7, 11) is 0. The fraction of sp³-hybridized carbons (Fsp3) is 0.333. The van der Waals surface area contributed by atoms with Crippen molar-refractivity contribution in [1.82, 2.24) is 4.90 Å². The first-order chi connectivity index (χ1) is 9.38. The van der Waals surface area contributed by atoms with Crippen LogP contribution in [-0.4, -0.2) is 34.6 Å². The Bertz CT molecular complexity index is 561. The summed E-state index contributed by atoms with van der Waals surface area (Å²) < 4.78 is 39.4. The van der Waals surface area contributed by atoms with Gasteiger partial charge in [0.1, 0.15) is 12.4 Å². The molecule has 0 aromatic heterocycles. The molecule has 1 aliphatic carbocycles. The average molecular weight is 288 g/mol. The van der Waals surface area contributed by atoms with Crippen LogP contribution < -0.4 is 5.32 Å². The van der Waals surface area contributed by atoms with Crippen LogP contribution in [0.25, 0.3) is 0 Å². The Kier molecular flexibility index (Phi) is 3.82. The third-order valence-electron chi connectivity index (χ3n) is 2.79. The van der Waals surface area contributed by atoms with E-state index in [2.05, 4.69) is 0 Å². The van der Waals surface area contributed by atoms with Crippen LogP contribution in [0.15, 0.2) is 12.1 Å². The minimum atomic E-state index is -1.43. The second-order valence-corrected chi connectivity index (χ2v) is 4.43. The Labute approximate surface area is 112 Å². The molecule has 0 heterocycles. The van der Waals surface area contributed by atoms with Gasteiger partial charge in [0.25, 0.3) is 0 Å². The average Bonchev–Trinajstić information content (AvgIpc) is 3.16. The third-order valence-corrected chi connectivity index (χ3v) is 2.79. The van der Waals surface area contributed by atoms with E-state index in [0.717, 1.165) is 4.90 Å². The van der Waals surface area contributed by atoms with Crippen molar-refractivity contribution in [2.45, 2.75) is 18.9 Å². The molecule has 0 atom stereocenters. The molecule has 0 bridgehead atoms. The lowest BCUT2D eigenvalue weighted by molar-refractivity contribution is -0.137. The fourth-order valence-electron chi connectivity index (χ4n) is 1.73.